The third-order valence-corrected chi connectivity index (χ3v) is 7.54. The number of nitrogens with zero attached hydrogens (tertiary/aromatic N) is 2. The molecule has 3 aromatic rings. The van der Waals surface area contributed by atoms with Gasteiger partial charge in [-0.2, -0.15) is 0 Å². The topological polar surface area (TPSA) is 106 Å². The van der Waals surface area contributed by atoms with Crippen LogP contribution in [0, 0.1) is 6.92 Å². The van der Waals surface area contributed by atoms with Crippen LogP contribution in [0.4, 0.5) is 5.13 Å². The Morgan fingerprint density at radius 2 is 1.77 bits per heavy atom. The first-order valence-corrected chi connectivity index (χ1v) is 13.6. The zero-order valence-electron chi connectivity index (χ0n) is 22.9. The zero-order valence-corrected chi connectivity index (χ0v) is 23.7. The first-order chi connectivity index (χ1) is 18.5. The highest BCUT2D eigenvalue weighted by molar-refractivity contribution is 7.17. The fourth-order valence-corrected chi connectivity index (χ4v) is 5.42. The van der Waals surface area contributed by atoms with Crippen LogP contribution in [0.5, 0.6) is 5.75 Å². The van der Waals surface area contributed by atoms with E-state index in [1.54, 1.807) is 38.1 Å². The predicted molar refractivity (Wildman–Crippen MR) is 150 cm³/mol. The number of aliphatic hydroxyl groups is 1. The standard InChI is InChI=1S/C30H32N2O6S/c1-7-37-21-11-9-10-19(16-21)24(33)22-23(18-12-14-20(15-13-18)30(4,5)6)32(27(35)25(22)34)29-31-17(3)26(39-29)28(36)38-8-2/h9-16,23,33H,7-8H2,1-6H3. The summed E-state index contributed by atoms with van der Waals surface area (Å²) >= 11 is 0.978. The van der Waals surface area contributed by atoms with E-state index >= 15 is 0 Å². The van der Waals surface area contributed by atoms with Crippen molar-refractivity contribution >= 4 is 39.9 Å². The number of carbonyl (C=O) groups is 3. The van der Waals surface area contributed by atoms with E-state index in [0.717, 1.165) is 16.9 Å². The van der Waals surface area contributed by atoms with Crippen molar-refractivity contribution in [3.63, 3.8) is 0 Å². The smallest absolute Gasteiger partial charge is 0.350 e. The Hall–Kier alpha value is -3.98. The van der Waals surface area contributed by atoms with Crippen LogP contribution < -0.4 is 9.64 Å². The number of carbonyl (C=O) groups excluding carboxylic acids is 3. The van der Waals surface area contributed by atoms with Crippen molar-refractivity contribution in [1.82, 2.24) is 4.98 Å². The molecule has 1 N–H and O–H groups in total. The summed E-state index contributed by atoms with van der Waals surface area (Å²) in [6.45, 7) is 12.1. The van der Waals surface area contributed by atoms with Gasteiger partial charge in [-0.1, -0.05) is 68.5 Å². The van der Waals surface area contributed by atoms with Gasteiger partial charge in [-0.25, -0.2) is 9.78 Å². The molecule has 204 valence electrons. The van der Waals surface area contributed by atoms with Crippen LogP contribution in [0.1, 0.15) is 72.7 Å². The molecule has 0 spiro atoms. The molecule has 2 aromatic carbocycles. The lowest BCUT2D eigenvalue weighted by molar-refractivity contribution is -0.132. The van der Waals surface area contributed by atoms with Gasteiger partial charge in [0.2, 0.25) is 0 Å². The number of hydrogen-bond acceptors (Lipinski definition) is 8. The molecule has 1 saturated heterocycles. The molecule has 1 aliphatic heterocycles. The van der Waals surface area contributed by atoms with Crippen molar-refractivity contribution in [1.29, 1.82) is 0 Å². The van der Waals surface area contributed by atoms with E-state index in [-0.39, 0.29) is 33.4 Å². The number of benzene rings is 2. The van der Waals surface area contributed by atoms with Crippen LogP contribution >= 0.6 is 11.3 Å². The summed E-state index contributed by atoms with van der Waals surface area (Å²) in [5, 5.41) is 11.6. The highest BCUT2D eigenvalue weighted by Crippen LogP contribution is 2.44. The summed E-state index contributed by atoms with van der Waals surface area (Å²) in [4.78, 5) is 45.5. The summed E-state index contributed by atoms with van der Waals surface area (Å²) < 4.78 is 10.7. The normalized spacial score (nSPS) is 17.0. The highest BCUT2D eigenvalue weighted by Gasteiger charge is 2.48. The molecule has 1 amide bonds. The Labute approximate surface area is 231 Å². The van der Waals surface area contributed by atoms with Crippen LogP contribution in [0.3, 0.4) is 0 Å². The number of Topliss-reactive ketones (excluding diaryl/α,β-unsaturated/α-hetero) is 1. The molecule has 0 bridgehead atoms. The van der Waals surface area contributed by atoms with Crippen molar-refractivity contribution in [2.75, 3.05) is 18.1 Å². The Bertz CT molecular complexity index is 1450. The Balaban J connectivity index is 1.91. The number of thiazole rings is 1. The van der Waals surface area contributed by atoms with E-state index in [1.165, 1.54) is 4.90 Å². The Kier molecular flexibility index (Phi) is 7.92. The number of amides is 1. The number of rotatable bonds is 7. The highest BCUT2D eigenvalue weighted by atomic mass is 32.1. The van der Waals surface area contributed by atoms with Crippen molar-refractivity contribution in [3.8, 4) is 5.75 Å². The van der Waals surface area contributed by atoms with Gasteiger partial charge in [0.15, 0.2) is 5.13 Å². The molecule has 4 rings (SSSR count). The first-order valence-electron chi connectivity index (χ1n) is 12.8. The van der Waals surface area contributed by atoms with E-state index < -0.39 is 23.7 Å². The number of anilines is 1. The van der Waals surface area contributed by atoms with E-state index in [1.807, 2.05) is 31.2 Å². The molecular weight excluding hydrogens is 516 g/mol. The maximum absolute atomic E-state index is 13.5. The average Bonchev–Trinajstić information content (AvgIpc) is 3.40. The van der Waals surface area contributed by atoms with E-state index in [2.05, 4.69) is 25.8 Å². The van der Waals surface area contributed by atoms with E-state index in [0.29, 0.717) is 29.2 Å². The SMILES string of the molecule is CCOC(=O)c1sc(N2C(=O)C(=O)C(=C(O)c3cccc(OCC)c3)C2c2ccc(C(C)(C)C)cc2)nc1C. The van der Waals surface area contributed by atoms with Gasteiger partial charge in [-0.3, -0.25) is 14.5 Å². The number of esters is 1. The first kappa shape index (κ1) is 28.0. The number of ether oxygens (including phenoxy) is 2. The number of aromatic nitrogens is 1. The third kappa shape index (κ3) is 5.45. The monoisotopic (exact) mass is 548 g/mol. The lowest BCUT2D eigenvalue weighted by atomic mass is 9.85. The summed E-state index contributed by atoms with van der Waals surface area (Å²) in [6.07, 6.45) is 0. The van der Waals surface area contributed by atoms with Crippen LogP contribution in [-0.2, 0) is 19.7 Å². The quantitative estimate of drug-likeness (QED) is 0.168. The third-order valence-electron chi connectivity index (χ3n) is 6.41. The van der Waals surface area contributed by atoms with E-state index in [4.69, 9.17) is 9.47 Å². The molecule has 1 aromatic heterocycles. The van der Waals surface area contributed by atoms with Gasteiger partial charge < -0.3 is 14.6 Å². The predicted octanol–water partition coefficient (Wildman–Crippen LogP) is 5.95. The van der Waals surface area contributed by atoms with Crippen molar-refractivity contribution < 1.29 is 29.0 Å². The second kappa shape index (κ2) is 11.0. The largest absolute Gasteiger partial charge is 0.507 e. The second-order valence-corrected chi connectivity index (χ2v) is 11.1. The molecule has 8 nitrogen and oxygen atoms in total. The number of aliphatic hydroxyl groups excluding tert-OH is 1. The summed E-state index contributed by atoms with van der Waals surface area (Å²) in [6, 6.07) is 13.4. The molecule has 0 saturated carbocycles. The van der Waals surface area contributed by atoms with E-state index in [9.17, 15) is 19.5 Å². The fraction of sp³-hybridized carbons (Fsp3) is 0.333. The lowest BCUT2D eigenvalue weighted by Crippen LogP contribution is -2.29. The van der Waals surface area contributed by atoms with Crippen molar-refractivity contribution in [3.05, 3.63) is 81.4 Å². The molecule has 39 heavy (non-hydrogen) atoms. The van der Waals surface area contributed by atoms with Gasteiger partial charge in [0.25, 0.3) is 5.78 Å². The minimum Gasteiger partial charge on any atom is -0.507 e. The Morgan fingerprint density at radius 3 is 2.38 bits per heavy atom. The van der Waals surface area contributed by atoms with Gasteiger partial charge in [-0.15, -0.1) is 0 Å². The Morgan fingerprint density at radius 1 is 1.08 bits per heavy atom. The van der Waals surface area contributed by atoms with Gasteiger partial charge in [0.1, 0.15) is 16.4 Å². The van der Waals surface area contributed by atoms with Crippen LogP contribution in [-0.4, -0.2) is 41.0 Å². The number of aryl methyl sites for hydroxylation is 1. The molecule has 2 heterocycles. The number of hydrogen-bond donors (Lipinski definition) is 1. The van der Waals surface area contributed by atoms with Crippen molar-refractivity contribution in [2.45, 2.75) is 53.0 Å². The maximum Gasteiger partial charge on any atom is 0.350 e. The van der Waals surface area contributed by atoms with Gasteiger partial charge in [-0.05, 0) is 49.4 Å². The summed E-state index contributed by atoms with van der Waals surface area (Å²) in [5.41, 5.74) is 2.25. The van der Waals surface area contributed by atoms with Gasteiger partial charge >= 0.3 is 11.9 Å². The molecule has 1 aliphatic rings. The second-order valence-electron chi connectivity index (χ2n) is 10.1. The summed E-state index contributed by atoms with van der Waals surface area (Å²) in [7, 11) is 0. The van der Waals surface area contributed by atoms with Crippen LogP contribution in [0.2, 0.25) is 0 Å². The minimum absolute atomic E-state index is 0.0669. The molecule has 0 radical (unpaired) electrons. The van der Waals surface area contributed by atoms with Gasteiger partial charge in [0, 0.05) is 5.56 Å². The summed E-state index contributed by atoms with van der Waals surface area (Å²) in [5.74, 6) is -2.02. The molecule has 1 atom stereocenters. The maximum atomic E-state index is 13.5. The molecule has 1 fully saturated rings. The number of ketones is 1. The fourth-order valence-electron chi connectivity index (χ4n) is 4.44. The van der Waals surface area contributed by atoms with Crippen LogP contribution in [0.25, 0.3) is 5.76 Å². The average molecular weight is 549 g/mol. The zero-order chi connectivity index (χ0) is 28.5. The molecular formula is C30H32N2O6S. The molecule has 9 heteroatoms. The lowest BCUT2D eigenvalue weighted by Gasteiger charge is -2.25. The van der Waals surface area contributed by atoms with Gasteiger partial charge in [0.05, 0.1) is 30.5 Å². The van der Waals surface area contributed by atoms with Crippen molar-refractivity contribution in [2.24, 2.45) is 0 Å². The molecule has 1 unspecified atom stereocenters. The molecule has 0 aliphatic carbocycles. The van der Waals surface area contributed by atoms with Crippen LogP contribution in [0.15, 0.2) is 54.1 Å². The minimum atomic E-state index is -0.963.